The van der Waals surface area contributed by atoms with Crippen molar-refractivity contribution in [3.63, 3.8) is 0 Å². The monoisotopic (exact) mass is 263 g/mol. The van der Waals surface area contributed by atoms with Crippen LogP contribution in [0.5, 0.6) is 0 Å². The van der Waals surface area contributed by atoms with E-state index in [2.05, 4.69) is 39.9 Å². The molecular formula is C17H17N3. The highest BCUT2D eigenvalue weighted by Gasteiger charge is 2.44. The van der Waals surface area contributed by atoms with E-state index in [1.807, 2.05) is 12.5 Å². The van der Waals surface area contributed by atoms with Gasteiger partial charge in [-0.3, -0.25) is 0 Å². The third kappa shape index (κ3) is 1.48. The molecule has 3 nitrogen and oxygen atoms in total. The lowest BCUT2D eigenvalue weighted by Crippen LogP contribution is -2.40. The minimum Gasteiger partial charge on any atom is -0.332 e. The van der Waals surface area contributed by atoms with Crippen LogP contribution in [0, 0.1) is 17.2 Å². The lowest BCUT2D eigenvalue weighted by atomic mass is 9.63. The molecule has 0 amide bonds. The van der Waals surface area contributed by atoms with Crippen molar-refractivity contribution in [2.45, 2.75) is 37.6 Å². The average molecular weight is 263 g/mol. The Morgan fingerprint density at radius 1 is 1.35 bits per heavy atom. The second-order valence-corrected chi connectivity index (χ2v) is 6.05. The molecule has 2 atom stereocenters. The number of imidazole rings is 1. The number of hydrogen-bond donors (Lipinski definition) is 0. The average Bonchev–Trinajstić information content (AvgIpc) is 2.97. The highest BCUT2D eigenvalue weighted by molar-refractivity contribution is 5.44. The van der Waals surface area contributed by atoms with E-state index in [0.29, 0.717) is 0 Å². The van der Waals surface area contributed by atoms with Crippen molar-refractivity contribution in [3.8, 4) is 6.07 Å². The summed E-state index contributed by atoms with van der Waals surface area (Å²) in [6.07, 6.45) is 8.32. The van der Waals surface area contributed by atoms with Gasteiger partial charge in [-0.1, -0.05) is 24.3 Å². The predicted octanol–water partition coefficient (Wildman–Crippen LogP) is 3.05. The lowest BCUT2D eigenvalue weighted by Gasteiger charge is -2.44. The number of aromatic nitrogens is 2. The molecule has 1 aliphatic carbocycles. The van der Waals surface area contributed by atoms with Crippen molar-refractivity contribution in [2.24, 2.45) is 5.92 Å². The summed E-state index contributed by atoms with van der Waals surface area (Å²) >= 11 is 0. The SMILES string of the molecule is N#CC1Cn2cncc2C2(CCCc3ccccc32)C1. The van der Waals surface area contributed by atoms with Crippen LogP contribution in [0.15, 0.2) is 36.8 Å². The molecule has 2 heterocycles. The standard InChI is InChI=1S/C17H17N3/c18-9-13-8-17(16-10-19-12-20(16)11-13)7-3-5-14-4-1-2-6-15(14)17/h1-2,4,6,10,12-13H,3,5,7-8,11H2. The van der Waals surface area contributed by atoms with E-state index in [1.54, 1.807) is 0 Å². The number of benzene rings is 1. The summed E-state index contributed by atoms with van der Waals surface area (Å²) in [4.78, 5) is 4.35. The van der Waals surface area contributed by atoms with Crippen LogP contribution in [0.25, 0.3) is 0 Å². The van der Waals surface area contributed by atoms with E-state index in [0.717, 1.165) is 25.8 Å². The van der Waals surface area contributed by atoms with E-state index in [9.17, 15) is 5.26 Å². The molecular weight excluding hydrogens is 246 g/mol. The second-order valence-electron chi connectivity index (χ2n) is 6.05. The molecule has 0 saturated heterocycles. The summed E-state index contributed by atoms with van der Waals surface area (Å²) in [7, 11) is 0. The minimum absolute atomic E-state index is 0.00396. The number of fused-ring (bicyclic) bond motifs is 4. The maximum absolute atomic E-state index is 9.43. The normalized spacial score (nSPS) is 27.6. The van der Waals surface area contributed by atoms with Gasteiger partial charge in [-0.25, -0.2) is 4.98 Å². The van der Waals surface area contributed by atoms with Crippen LogP contribution in [0.3, 0.4) is 0 Å². The van der Waals surface area contributed by atoms with Crippen LogP contribution in [-0.2, 0) is 18.4 Å². The Kier molecular flexibility index (Phi) is 2.47. The highest BCUT2D eigenvalue weighted by atomic mass is 15.1. The van der Waals surface area contributed by atoms with Gasteiger partial charge in [0.25, 0.3) is 0 Å². The summed E-state index contributed by atoms with van der Waals surface area (Å²) in [6.45, 7) is 0.787. The van der Waals surface area contributed by atoms with Crippen LogP contribution in [-0.4, -0.2) is 9.55 Å². The van der Waals surface area contributed by atoms with Crippen LogP contribution < -0.4 is 0 Å². The molecule has 3 heteroatoms. The van der Waals surface area contributed by atoms with Gasteiger partial charge >= 0.3 is 0 Å². The Morgan fingerprint density at radius 2 is 2.25 bits per heavy atom. The van der Waals surface area contributed by atoms with Crippen molar-refractivity contribution < 1.29 is 0 Å². The van der Waals surface area contributed by atoms with Gasteiger partial charge in [0.1, 0.15) is 0 Å². The van der Waals surface area contributed by atoms with E-state index < -0.39 is 0 Å². The van der Waals surface area contributed by atoms with Crippen LogP contribution in [0.2, 0.25) is 0 Å². The van der Waals surface area contributed by atoms with Gasteiger partial charge in [0.05, 0.1) is 18.3 Å². The van der Waals surface area contributed by atoms with Crippen molar-refractivity contribution in [2.75, 3.05) is 0 Å². The highest BCUT2D eigenvalue weighted by Crippen LogP contribution is 2.49. The first-order valence-corrected chi connectivity index (χ1v) is 7.32. The number of aryl methyl sites for hydroxylation is 1. The molecule has 1 aromatic carbocycles. The maximum Gasteiger partial charge on any atom is 0.0948 e. The molecule has 100 valence electrons. The van der Waals surface area contributed by atoms with Gasteiger partial charge in [-0.05, 0) is 36.8 Å². The quantitative estimate of drug-likeness (QED) is 0.733. The molecule has 0 bridgehead atoms. The smallest absolute Gasteiger partial charge is 0.0948 e. The predicted molar refractivity (Wildman–Crippen MR) is 76.1 cm³/mol. The molecule has 0 fully saturated rings. The summed E-state index contributed by atoms with van der Waals surface area (Å²) in [5, 5.41) is 9.43. The zero-order valence-corrected chi connectivity index (χ0v) is 11.4. The van der Waals surface area contributed by atoms with Gasteiger partial charge in [-0.15, -0.1) is 0 Å². The van der Waals surface area contributed by atoms with Gasteiger partial charge in [0.2, 0.25) is 0 Å². The summed E-state index contributed by atoms with van der Waals surface area (Å²) < 4.78 is 2.19. The summed E-state index contributed by atoms with van der Waals surface area (Å²) in [6, 6.07) is 11.2. The number of rotatable bonds is 0. The molecule has 2 aliphatic rings. The fourth-order valence-electron chi connectivity index (χ4n) is 4.18. The van der Waals surface area contributed by atoms with Crippen molar-refractivity contribution in [1.29, 1.82) is 5.26 Å². The molecule has 1 aliphatic heterocycles. The van der Waals surface area contributed by atoms with Crippen LogP contribution >= 0.6 is 0 Å². The number of nitriles is 1. The molecule has 4 rings (SSSR count). The molecule has 0 saturated carbocycles. The summed E-state index contributed by atoms with van der Waals surface area (Å²) in [5.74, 6) is 0.0860. The van der Waals surface area contributed by atoms with Crippen molar-refractivity contribution in [3.05, 3.63) is 53.6 Å². The molecule has 2 aromatic rings. The first-order valence-electron chi connectivity index (χ1n) is 7.32. The number of hydrogen-bond acceptors (Lipinski definition) is 2. The maximum atomic E-state index is 9.43. The first kappa shape index (κ1) is 11.7. The van der Waals surface area contributed by atoms with Crippen molar-refractivity contribution in [1.82, 2.24) is 9.55 Å². The number of nitrogens with zero attached hydrogens (tertiary/aromatic N) is 3. The van der Waals surface area contributed by atoms with Gasteiger partial charge in [0, 0.05) is 23.9 Å². The lowest BCUT2D eigenvalue weighted by molar-refractivity contribution is 0.279. The molecule has 0 radical (unpaired) electrons. The Morgan fingerprint density at radius 3 is 3.15 bits per heavy atom. The van der Waals surface area contributed by atoms with Gasteiger partial charge < -0.3 is 4.57 Å². The fraction of sp³-hybridized carbons (Fsp3) is 0.412. The van der Waals surface area contributed by atoms with E-state index in [4.69, 9.17) is 0 Å². The minimum atomic E-state index is 0.00396. The molecule has 2 unspecified atom stereocenters. The summed E-state index contributed by atoms with van der Waals surface area (Å²) in [5.41, 5.74) is 4.18. The van der Waals surface area contributed by atoms with Crippen molar-refractivity contribution >= 4 is 0 Å². The van der Waals surface area contributed by atoms with Gasteiger partial charge in [0.15, 0.2) is 0 Å². The third-order valence-electron chi connectivity index (χ3n) is 4.98. The zero-order chi connectivity index (χ0) is 13.6. The Balaban J connectivity index is 1.96. The molecule has 0 N–H and O–H groups in total. The molecule has 1 spiro atoms. The Hall–Kier alpha value is -2.08. The Bertz CT molecular complexity index is 694. The largest absolute Gasteiger partial charge is 0.332 e. The first-order chi connectivity index (χ1) is 9.83. The van der Waals surface area contributed by atoms with E-state index in [1.165, 1.54) is 23.2 Å². The third-order valence-corrected chi connectivity index (χ3v) is 4.98. The van der Waals surface area contributed by atoms with E-state index in [-0.39, 0.29) is 11.3 Å². The zero-order valence-electron chi connectivity index (χ0n) is 11.4. The fourth-order valence-corrected chi connectivity index (χ4v) is 4.18. The van der Waals surface area contributed by atoms with E-state index >= 15 is 0 Å². The second kappa shape index (κ2) is 4.21. The molecule has 20 heavy (non-hydrogen) atoms. The molecule has 1 aromatic heterocycles. The Labute approximate surface area is 118 Å². The van der Waals surface area contributed by atoms with Gasteiger partial charge in [-0.2, -0.15) is 5.26 Å². The van der Waals surface area contributed by atoms with Crippen LogP contribution in [0.4, 0.5) is 0 Å². The topological polar surface area (TPSA) is 41.6 Å². The van der Waals surface area contributed by atoms with Crippen LogP contribution in [0.1, 0.15) is 36.1 Å².